The number of hydrogen-bond acceptors (Lipinski definition) is 25. The number of rotatable bonds is 47. The Morgan fingerprint density at radius 2 is 0.797 bits per heavy atom. The van der Waals surface area contributed by atoms with Crippen LogP contribution in [0.5, 0.6) is 11.5 Å². The van der Waals surface area contributed by atoms with Crippen LogP contribution < -0.4 is 31.2 Å². The van der Waals surface area contributed by atoms with Crippen molar-refractivity contribution in [3.8, 4) is 11.5 Å². The number of carboxylic acid groups (broad SMARTS) is 1. The number of benzene rings is 4. The van der Waals surface area contributed by atoms with Crippen LogP contribution in [-0.4, -0.2) is 286 Å². The summed E-state index contributed by atoms with van der Waals surface area (Å²) in [6.07, 6.45) is 0.684. The summed E-state index contributed by atoms with van der Waals surface area (Å²) in [5.41, 5.74) is 8.48. The van der Waals surface area contributed by atoms with E-state index in [4.69, 9.17) is 53.1 Å². The van der Waals surface area contributed by atoms with Crippen LogP contribution in [0.25, 0.3) is 0 Å². The maximum Gasteiger partial charge on any atom is 0.514 e. The predicted molar refractivity (Wildman–Crippen MR) is 531 cm³/mol. The zero-order chi connectivity index (χ0) is 103. The van der Waals surface area contributed by atoms with E-state index in [-0.39, 0.29) is 116 Å². The fourth-order valence-electron chi connectivity index (χ4n) is 17.9. The summed E-state index contributed by atoms with van der Waals surface area (Å²) in [7, 11) is 15.8. The van der Waals surface area contributed by atoms with Crippen molar-refractivity contribution in [2.45, 2.75) is 319 Å². The lowest BCUT2D eigenvalue weighted by Crippen LogP contribution is -2.60. The topological polar surface area (TPSA) is 399 Å². The van der Waals surface area contributed by atoms with E-state index < -0.39 is 132 Å². The van der Waals surface area contributed by atoms with E-state index in [0.717, 1.165) is 35.1 Å². The zero-order valence-electron chi connectivity index (χ0n) is 87.2. The van der Waals surface area contributed by atoms with Gasteiger partial charge in [-0.15, -0.1) is 0 Å². The molecule has 0 radical (unpaired) electrons. The largest absolute Gasteiger partial charge is 0.514 e. The standard InChI is InChI=1S/C52H81N5O11.C34H56N4O7.C18H27NO5.CH4/c1-16-34(6)45(41(64-13)30-42(58)57-28-20-23-40(57)46(65-14)35(7)47(59)53-39(50(62)66-15)29-36-21-18-17-19-22-36)56(12)49(61)43(32(2)3)54-48(60)44(33(4)5)55(11)31-37-24-26-38(27-25-37)67-51(63)68-52(8,9)10;1-10-22(4)30(37(6)33(41)29(35)21(2)3)27(43-7)20-28(39)38-18-14-17-26(38)31(44-8)23(5)32(40)36-25(34(42)45-9)19-24-15-12-11-13-16-24;1-12(2)15(16(20)21)19(6)11-13-7-9-14(10-8-13)23-17(22)24-18(3,4)5;/h17-19,21-22,24-27,32-35,39-41,43-46H,16,20,23,28-31H2,1-15H3,(H,53,59)(H,54,60);11-13,15-16,21-23,25-27,29-31H,10,14,17-20,35H2,1-9H3,(H,36,40);7-10,12,15H,11H2,1-6H3,(H,20,21);1H4/t34-,35+,39-,40-,41+,43-,44-,45-,46+;22-,23+,25-,26-,27+,29-,30-,31+;15-;/m000./s1. The van der Waals surface area contributed by atoms with Crippen LogP contribution in [0.3, 0.4) is 0 Å². The number of nitrogens with one attached hydrogen (secondary N) is 3. The summed E-state index contributed by atoms with van der Waals surface area (Å²) >= 11 is 0. The van der Waals surface area contributed by atoms with Crippen molar-refractivity contribution in [3.63, 3.8) is 0 Å². The number of esters is 2. The van der Waals surface area contributed by atoms with Gasteiger partial charge in [-0.25, -0.2) is 19.2 Å². The summed E-state index contributed by atoms with van der Waals surface area (Å²) in [5.74, 6) is -4.92. The van der Waals surface area contributed by atoms with Crippen molar-refractivity contribution in [1.29, 1.82) is 0 Å². The van der Waals surface area contributed by atoms with E-state index in [1.807, 2.05) is 168 Å². The van der Waals surface area contributed by atoms with Gasteiger partial charge < -0.3 is 93.8 Å². The van der Waals surface area contributed by atoms with Gasteiger partial charge in [-0.05, 0) is 163 Å². The predicted octanol–water partition coefficient (Wildman–Crippen LogP) is 13.4. The van der Waals surface area contributed by atoms with E-state index in [2.05, 4.69) is 16.0 Å². The van der Waals surface area contributed by atoms with Gasteiger partial charge in [0.2, 0.25) is 41.4 Å². The van der Waals surface area contributed by atoms with Crippen molar-refractivity contribution >= 4 is 71.6 Å². The minimum atomic E-state index is -0.914. The fourth-order valence-corrected chi connectivity index (χ4v) is 17.9. The highest BCUT2D eigenvalue weighted by atomic mass is 16.7. The number of amides is 7. The molecule has 6 N–H and O–H groups in total. The van der Waals surface area contributed by atoms with Crippen LogP contribution in [0.4, 0.5) is 9.59 Å². The minimum Gasteiger partial charge on any atom is -0.480 e. The van der Waals surface area contributed by atoms with Crippen molar-refractivity contribution in [2.75, 3.05) is 83.9 Å². The molecule has 2 heterocycles. The van der Waals surface area contributed by atoms with Crippen LogP contribution in [0.1, 0.15) is 220 Å². The molecule has 6 rings (SSSR count). The molecular weight excluding hydrogens is 1770 g/mol. The van der Waals surface area contributed by atoms with Gasteiger partial charge >= 0.3 is 30.2 Å². The molecule has 0 aromatic heterocycles. The highest BCUT2D eigenvalue weighted by Gasteiger charge is 2.47. The quantitative estimate of drug-likeness (QED) is 0.0156. The van der Waals surface area contributed by atoms with Crippen LogP contribution in [0.2, 0.25) is 0 Å². The molecule has 33 nitrogen and oxygen atoms in total. The van der Waals surface area contributed by atoms with E-state index in [0.29, 0.717) is 63.4 Å². The lowest BCUT2D eigenvalue weighted by atomic mass is 9.89. The first kappa shape index (κ1) is 122. The van der Waals surface area contributed by atoms with Gasteiger partial charge in [0.25, 0.3) is 0 Å². The molecule has 776 valence electrons. The molecular formula is C105H168N10O23. The third kappa shape index (κ3) is 37.8. The smallest absolute Gasteiger partial charge is 0.480 e. The molecule has 2 aliphatic heterocycles. The number of likely N-dealkylation sites (N-methyl/N-ethyl adjacent to an activating group) is 4. The summed E-state index contributed by atoms with van der Waals surface area (Å²) in [6.45, 7) is 39.3. The summed E-state index contributed by atoms with van der Waals surface area (Å²) in [5, 5.41) is 18.1. The first-order chi connectivity index (χ1) is 64.3. The molecule has 0 aliphatic carbocycles. The molecule has 18 atom stereocenters. The van der Waals surface area contributed by atoms with Crippen molar-refractivity contribution in [2.24, 2.45) is 53.1 Å². The van der Waals surface area contributed by atoms with Crippen molar-refractivity contribution in [3.05, 3.63) is 131 Å². The third-order valence-electron chi connectivity index (χ3n) is 25.5. The van der Waals surface area contributed by atoms with Gasteiger partial charge in [-0.1, -0.05) is 202 Å². The fraction of sp³-hybridized carbons (Fsp3) is 0.657. The Bertz CT molecular complexity index is 4420. The molecule has 2 fully saturated rings. The van der Waals surface area contributed by atoms with Gasteiger partial charge in [-0.2, -0.15) is 0 Å². The molecule has 4 aromatic carbocycles. The molecule has 0 spiro atoms. The number of carboxylic acids is 1. The normalized spacial score (nSPS) is 17.3. The van der Waals surface area contributed by atoms with Crippen LogP contribution in [0.15, 0.2) is 109 Å². The minimum absolute atomic E-state index is 0. The van der Waals surface area contributed by atoms with E-state index in [1.165, 1.54) is 35.5 Å². The molecule has 4 aromatic rings. The second kappa shape index (κ2) is 58.8. The van der Waals surface area contributed by atoms with Gasteiger partial charge in [0.05, 0.1) is 99.6 Å². The molecule has 2 saturated heterocycles. The molecule has 7 amide bonds. The van der Waals surface area contributed by atoms with Crippen molar-refractivity contribution in [1.82, 2.24) is 45.3 Å². The molecule has 33 heteroatoms. The number of ether oxygens (including phenoxy) is 10. The average Bonchev–Trinajstić information content (AvgIpc) is 1.55. The van der Waals surface area contributed by atoms with E-state index >= 15 is 0 Å². The molecule has 2 aliphatic rings. The highest BCUT2D eigenvalue weighted by molar-refractivity contribution is 5.91. The lowest BCUT2D eigenvalue weighted by molar-refractivity contribution is -0.149. The lowest BCUT2D eigenvalue weighted by Gasteiger charge is -2.41. The molecule has 138 heavy (non-hydrogen) atoms. The number of carbonyl (C=O) groups is 12. The highest BCUT2D eigenvalue weighted by Crippen LogP contribution is 2.34. The summed E-state index contributed by atoms with van der Waals surface area (Å²) in [4.78, 5) is 169. The van der Waals surface area contributed by atoms with Gasteiger partial charge in [0.15, 0.2) is 0 Å². The SMILES string of the molecule is C.CC(C)[C@@H](C(=O)O)N(C)Cc1ccc(OC(=O)OC(C)(C)C)cc1.CC[C@H](C)[C@@H]([C@@H](CC(=O)N1CCC[C@H]1[C@H](OC)[C@@H](C)C(=O)N[C@@H](Cc1ccccc1)C(=O)OC)OC)N(C)C(=O)[C@@H](N)C(C)C.CC[C@H](C)[C@@H]([C@@H](CC(=O)N1CCC[C@H]1[C@H](OC)[C@@H](C)C(=O)N[C@@H](Cc1ccccc1)C(=O)OC)OC)N(C)C(=O)[C@@H](NC(=O)[C@H](C(C)C)N(C)Cc1ccc(OC(=O)OC(C)(C)C)cc1)C(C)C. The second-order valence-corrected chi connectivity index (χ2v) is 39.7. The number of nitrogens with two attached hydrogens (primary N) is 1. The number of carbonyl (C=O) groups excluding carboxylic acids is 11. The number of aliphatic carboxylic acids is 1. The Labute approximate surface area is 822 Å². The Morgan fingerprint density at radius 1 is 0.449 bits per heavy atom. The molecule has 0 unspecified atom stereocenters. The monoisotopic (exact) mass is 1940 g/mol. The first-order valence-corrected chi connectivity index (χ1v) is 48.1. The van der Waals surface area contributed by atoms with Crippen LogP contribution in [0, 0.1) is 47.3 Å². The average molecular weight is 1940 g/mol. The Balaban J connectivity index is 0.000000597. The second-order valence-electron chi connectivity index (χ2n) is 39.7. The van der Waals surface area contributed by atoms with E-state index in [1.54, 1.807) is 145 Å². The van der Waals surface area contributed by atoms with E-state index in [9.17, 15) is 62.6 Å². The Hall–Kier alpha value is -10.2. The molecule has 0 bridgehead atoms. The number of nitrogens with zero attached hydrogens (tertiary/aromatic N) is 6. The summed E-state index contributed by atoms with van der Waals surface area (Å²) in [6, 6.07) is 26.6. The zero-order valence-corrected chi connectivity index (χ0v) is 87.2. The van der Waals surface area contributed by atoms with Crippen molar-refractivity contribution < 1.29 is 110 Å². The number of likely N-dealkylation sites (tertiary alicyclic amines) is 2. The van der Waals surface area contributed by atoms with Gasteiger partial charge in [0.1, 0.15) is 46.9 Å². The Kier molecular flexibility index (Phi) is 52.0. The first-order valence-electron chi connectivity index (χ1n) is 48.1. The third-order valence-corrected chi connectivity index (χ3v) is 25.5. The van der Waals surface area contributed by atoms with Gasteiger partial charge in [-0.3, -0.25) is 48.2 Å². The number of methoxy groups -OCH3 is 6. The number of hydrogen-bond donors (Lipinski definition) is 5. The maximum atomic E-state index is 14.7. The van der Waals surface area contributed by atoms with Crippen LogP contribution in [-0.2, 0) is 112 Å². The van der Waals surface area contributed by atoms with Gasteiger partial charge in [0, 0.05) is 81.6 Å². The Morgan fingerprint density at radius 3 is 1.09 bits per heavy atom. The molecule has 0 saturated carbocycles. The summed E-state index contributed by atoms with van der Waals surface area (Å²) < 4.78 is 54.6. The van der Waals surface area contributed by atoms with Crippen LogP contribution >= 0.6 is 0 Å². The maximum absolute atomic E-state index is 14.7.